The van der Waals surface area contributed by atoms with Gasteiger partial charge in [-0.2, -0.15) is 0 Å². The minimum atomic E-state index is -3.41. The Kier molecular flexibility index (Phi) is 5.06. The third-order valence-electron chi connectivity index (χ3n) is 2.44. The topological polar surface area (TPSA) is 71.1 Å². The highest BCUT2D eigenvalue weighted by Gasteiger charge is 2.16. The number of rotatable bonds is 7. The molecule has 0 amide bonds. The van der Waals surface area contributed by atoms with Gasteiger partial charge in [-0.15, -0.1) is 22.7 Å². The Morgan fingerprint density at radius 1 is 1.32 bits per heavy atom. The van der Waals surface area contributed by atoms with E-state index in [9.17, 15) is 8.42 Å². The van der Waals surface area contributed by atoms with E-state index >= 15 is 0 Å². The van der Waals surface area contributed by atoms with Crippen LogP contribution in [0.15, 0.2) is 28.0 Å². The predicted octanol–water partition coefficient (Wildman–Crippen LogP) is 1.44. The number of thiazole rings is 1. The summed E-state index contributed by atoms with van der Waals surface area (Å²) < 4.78 is 27.1. The molecule has 104 valence electrons. The Labute approximate surface area is 120 Å². The van der Waals surface area contributed by atoms with Crippen molar-refractivity contribution < 1.29 is 8.42 Å². The summed E-state index contributed by atoms with van der Waals surface area (Å²) in [5, 5.41) is 3.04. The monoisotopic (exact) mass is 317 g/mol. The van der Waals surface area contributed by atoms with Gasteiger partial charge in [0.05, 0.1) is 5.51 Å². The van der Waals surface area contributed by atoms with E-state index < -0.39 is 10.0 Å². The van der Waals surface area contributed by atoms with E-state index in [4.69, 9.17) is 0 Å². The Balaban J connectivity index is 2.00. The lowest BCUT2D eigenvalue weighted by Crippen LogP contribution is -2.21. The van der Waals surface area contributed by atoms with Gasteiger partial charge in [0.2, 0.25) is 10.0 Å². The van der Waals surface area contributed by atoms with Crippen LogP contribution in [0.2, 0.25) is 0 Å². The van der Waals surface area contributed by atoms with Crippen LogP contribution in [0.25, 0.3) is 0 Å². The zero-order valence-electron chi connectivity index (χ0n) is 10.4. The van der Waals surface area contributed by atoms with Crippen molar-refractivity contribution in [2.45, 2.75) is 17.2 Å². The molecule has 0 radical (unpaired) electrons. The molecule has 0 spiro atoms. The Morgan fingerprint density at radius 3 is 2.84 bits per heavy atom. The molecule has 8 heteroatoms. The quantitative estimate of drug-likeness (QED) is 0.811. The number of sulfonamides is 1. The maximum atomic E-state index is 12.1. The largest absolute Gasteiger partial charge is 0.319 e. The maximum absolute atomic E-state index is 12.1. The van der Waals surface area contributed by atoms with Gasteiger partial charge in [-0.3, -0.25) is 4.98 Å². The molecule has 0 saturated heterocycles. The van der Waals surface area contributed by atoms with Crippen molar-refractivity contribution in [2.75, 3.05) is 13.6 Å². The summed E-state index contributed by atoms with van der Waals surface area (Å²) in [6, 6.07) is 3.52. The van der Waals surface area contributed by atoms with Gasteiger partial charge in [0, 0.05) is 22.5 Å². The summed E-state index contributed by atoms with van der Waals surface area (Å²) in [6.07, 6.45) is 2.51. The lowest BCUT2D eigenvalue weighted by atomic mass is 10.3. The van der Waals surface area contributed by atoms with E-state index in [1.54, 1.807) is 17.8 Å². The lowest BCUT2D eigenvalue weighted by molar-refractivity contribution is 0.584. The highest BCUT2D eigenvalue weighted by molar-refractivity contribution is 7.91. The van der Waals surface area contributed by atoms with E-state index in [2.05, 4.69) is 15.0 Å². The van der Waals surface area contributed by atoms with Crippen LogP contribution < -0.4 is 10.0 Å². The maximum Gasteiger partial charge on any atom is 0.250 e. The van der Waals surface area contributed by atoms with Crippen LogP contribution in [0.1, 0.15) is 9.75 Å². The molecule has 0 aliphatic rings. The fourth-order valence-electron chi connectivity index (χ4n) is 1.45. The summed E-state index contributed by atoms with van der Waals surface area (Å²) in [4.78, 5) is 5.87. The number of hydrogen-bond acceptors (Lipinski definition) is 6. The molecule has 0 aromatic carbocycles. The molecule has 2 heterocycles. The lowest BCUT2D eigenvalue weighted by Gasteiger charge is -2.02. The fourth-order valence-corrected chi connectivity index (χ4v) is 4.48. The minimum absolute atomic E-state index is 0.288. The van der Waals surface area contributed by atoms with E-state index in [1.165, 1.54) is 22.7 Å². The van der Waals surface area contributed by atoms with Gasteiger partial charge in [-0.25, -0.2) is 13.1 Å². The van der Waals surface area contributed by atoms with Crippen LogP contribution in [0.5, 0.6) is 0 Å². The van der Waals surface area contributed by atoms with Gasteiger partial charge < -0.3 is 5.32 Å². The van der Waals surface area contributed by atoms with E-state index in [0.717, 1.165) is 22.7 Å². The van der Waals surface area contributed by atoms with Crippen LogP contribution in [0.4, 0.5) is 0 Å². The Morgan fingerprint density at radius 2 is 2.16 bits per heavy atom. The molecular formula is C11H15N3O2S3. The van der Waals surface area contributed by atoms with Crippen molar-refractivity contribution in [1.29, 1.82) is 0 Å². The first-order valence-electron chi connectivity index (χ1n) is 5.72. The van der Waals surface area contributed by atoms with Gasteiger partial charge in [0.15, 0.2) is 0 Å². The summed E-state index contributed by atoms with van der Waals surface area (Å²) in [6.45, 7) is 1.13. The molecule has 0 bridgehead atoms. The van der Waals surface area contributed by atoms with Crippen LogP contribution in [0, 0.1) is 0 Å². The van der Waals surface area contributed by atoms with Gasteiger partial charge in [0.25, 0.3) is 0 Å². The Hall–Kier alpha value is -0.800. The van der Waals surface area contributed by atoms with Crippen molar-refractivity contribution in [1.82, 2.24) is 15.0 Å². The van der Waals surface area contributed by atoms with Crippen LogP contribution in [0.3, 0.4) is 0 Å². The van der Waals surface area contributed by atoms with Crippen molar-refractivity contribution >= 4 is 32.7 Å². The van der Waals surface area contributed by atoms with Crippen LogP contribution in [-0.4, -0.2) is 27.0 Å². The number of likely N-dealkylation sites (N-methyl/N-ethyl adjacent to an activating group) is 1. The molecule has 0 aliphatic heterocycles. The highest BCUT2D eigenvalue weighted by Crippen LogP contribution is 2.22. The Bertz CT molecular complexity index is 605. The summed E-state index contributed by atoms with van der Waals surface area (Å²) in [7, 11) is -1.54. The summed E-state index contributed by atoms with van der Waals surface area (Å²) in [5.41, 5.74) is 1.69. The predicted molar refractivity (Wildman–Crippen MR) is 78.1 cm³/mol. The molecule has 0 unspecified atom stereocenters. The highest BCUT2D eigenvalue weighted by atomic mass is 32.2. The smallest absolute Gasteiger partial charge is 0.250 e. The van der Waals surface area contributed by atoms with Crippen LogP contribution in [-0.2, 0) is 23.0 Å². The minimum Gasteiger partial charge on any atom is -0.319 e. The molecule has 2 N–H and O–H groups in total. The third kappa shape index (κ3) is 4.08. The second-order valence-electron chi connectivity index (χ2n) is 3.87. The molecule has 2 rings (SSSR count). The fraction of sp³-hybridized carbons (Fsp3) is 0.364. The third-order valence-corrected chi connectivity index (χ3v) is 6.26. The van der Waals surface area contributed by atoms with Crippen LogP contribution >= 0.6 is 22.7 Å². The first kappa shape index (κ1) is 14.6. The molecule has 0 aliphatic carbocycles. The second-order valence-corrected chi connectivity index (χ2v) is 8.00. The standard InChI is InChI=1S/C11H15N3O2S3/c1-12-5-4-9-2-3-11(18-9)19(15,16)14-7-10-6-13-8-17-10/h2-3,6,8,12,14H,4-5,7H2,1H3. The van der Waals surface area contributed by atoms with Crippen molar-refractivity contribution in [3.8, 4) is 0 Å². The van der Waals surface area contributed by atoms with Crippen molar-refractivity contribution in [3.05, 3.63) is 33.6 Å². The first-order chi connectivity index (χ1) is 9.12. The van der Waals surface area contributed by atoms with E-state index in [1.807, 2.05) is 13.1 Å². The zero-order valence-corrected chi connectivity index (χ0v) is 12.9. The van der Waals surface area contributed by atoms with E-state index in [0.29, 0.717) is 4.21 Å². The van der Waals surface area contributed by atoms with Gasteiger partial charge in [0.1, 0.15) is 4.21 Å². The molecule has 19 heavy (non-hydrogen) atoms. The van der Waals surface area contributed by atoms with Gasteiger partial charge in [-0.05, 0) is 32.1 Å². The number of hydrogen-bond donors (Lipinski definition) is 2. The summed E-state index contributed by atoms with van der Waals surface area (Å²) >= 11 is 2.75. The molecule has 0 saturated carbocycles. The number of nitrogens with zero attached hydrogens (tertiary/aromatic N) is 1. The number of thiophene rings is 1. The van der Waals surface area contributed by atoms with Crippen molar-refractivity contribution in [3.63, 3.8) is 0 Å². The van der Waals surface area contributed by atoms with Crippen molar-refractivity contribution in [2.24, 2.45) is 0 Å². The summed E-state index contributed by atoms with van der Waals surface area (Å²) in [5.74, 6) is 0. The number of aromatic nitrogens is 1. The SMILES string of the molecule is CNCCc1ccc(S(=O)(=O)NCc2cncs2)s1. The number of nitrogens with one attached hydrogen (secondary N) is 2. The van der Waals surface area contributed by atoms with Gasteiger partial charge in [-0.1, -0.05) is 0 Å². The molecular weight excluding hydrogens is 302 g/mol. The molecule has 5 nitrogen and oxygen atoms in total. The first-order valence-corrected chi connectivity index (χ1v) is 8.90. The average Bonchev–Trinajstić information content (AvgIpc) is 3.05. The van der Waals surface area contributed by atoms with Gasteiger partial charge >= 0.3 is 0 Å². The molecule has 0 atom stereocenters. The zero-order chi connectivity index (χ0) is 13.7. The normalized spacial score (nSPS) is 11.8. The average molecular weight is 317 g/mol. The molecule has 2 aromatic heterocycles. The molecule has 2 aromatic rings. The van der Waals surface area contributed by atoms with E-state index in [-0.39, 0.29) is 6.54 Å². The second kappa shape index (κ2) is 6.58. The molecule has 0 fully saturated rings.